The molecule has 0 aliphatic rings. The van der Waals surface area contributed by atoms with E-state index in [0.29, 0.717) is 34.2 Å². The van der Waals surface area contributed by atoms with E-state index in [-0.39, 0.29) is 0 Å². The number of nitrogens with zero attached hydrogens (tertiary/aromatic N) is 12. The smallest absolute Gasteiger partial charge is 0.101 e. The van der Waals surface area contributed by atoms with E-state index < -0.39 is 0 Å². The van der Waals surface area contributed by atoms with E-state index in [1.54, 1.807) is 74.4 Å². The zero-order chi connectivity index (χ0) is 40.1. The summed E-state index contributed by atoms with van der Waals surface area (Å²) in [7, 11) is 0. The van der Waals surface area contributed by atoms with E-state index in [1.165, 1.54) is 0 Å². The third kappa shape index (κ3) is 7.23. The second-order valence-corrected chi connectivity index (χ2v) is 13.7. The SMILES string of the molecule is c1cc(-c2cc(-c3cc(-c4cc(-c5ccncc5)nnc4-c4ccncc4)cc(-c4cc(-c5ccncc5)nnc4-c4ccncc4)c3)c(-c3ccncc3)nn2)ccn1. The third-order valence-electron chi connectivity index (χ3n) is 10.0. The zero-order valence-corrected chi connectivity index (χ0v) is 31.7. The van der Waals surface area contributed by atoms with Crippen LogP contribution in [0.5, 0.6) is 0 Å². The van der Waals surface area contributed by atoms with Crippen LogP contribution in [0.4, 0.5) is 0 Å². The van der Waals surface area contributed by atoms with E-state index >= 15 is 0 Å². The van der Waals surface area contributed by atoms with Crippen molar-refractivity contribution in [1.29, 1.82) is 0 Å². The molecule has 1 aromatic carbocycles. The van der Waals surface area contributed by atoms with Gasteiger partial charge in [0.2, 0.25) is 0 Å². The Morgan fingerprint density at radius 3 is 0.650 bits per heavy atom. The van der Waals surface area contributed by atoms with Crippen molar-refractivity contribution >= 4 is 0 Å². The molecule has 0 fully saturated rings. The molecule has 0 unspecified atom stereocenters. The minimum atomic E-state index is 0.692. The Hall–Kier alpha value is -8.64. The largest absolute Gasteiger partial charge is 0.265 e. The van der Waals surface area contributed by atoms with Crippen LogP contribution in [0.1, 0.15) is 0 Å². The molecule has 0 saturated heterocycles. The van der Waals surface area contributed by atoms with Crippen molar-refractivity contribution in [3.8, 4) is 101 Å². The van der Waals surface area contributed by atoms with Gasteiger partial charge >= 0.3 is 0 Å². The third-order valence-corrected chi connectivity index (χ3v) is 10.0. The van der Waals surface area contributed by atoms with Gasteiger partial charge in [-0.1, -0.05) is 0 Å². The quantitative estimate of drug-likeness (QED) is 0.137. The predicted molar refractivity (Wildman–Crippen MR) is 229 cm³/mol. The van der Waals surface area contributed by atoms with Gasteiger partial charge in [-0.3, -0.25) is 29.9 Å². The lowest BCUT2D eigenvalue weighted by atomic mass is 9.89. The fourth-order valence-electron chi connectivity index (χ4n) is 7.09. The average molecular weight is 775 g/mol. The van der Waals surface area contributed by atoms with Gasteiger partial charge in [0.15, 0.2) is 0 Å². The van der Waals surface area contributed by atoms with E-state index in [9.17, 15) is 0 Å². The summed E-state index contributed by atoms with van der Waals surface area (Å²) in [5, 5.41) is 28.8. The van der Waals surface area contributed by atoms with Crippen LogP contribution in [0.3, 0.4) is 0 Å². The maximum atomic E-state index is 4.88. The lowest BCUT2D eigenvalue weighted by Gasteiger charge is -2.18. The number of benzene rings is 1. The Morgan fingerprint density at radius 1 is 0.200 bits per heavy atom. The summed E-state index contributed by atoms with van der Waals surface area (Å²) in [5.74, 6) is 0. The van der Waals surface area contributed by atoms with Crippen LogP contribution in [0.2, 0.25) is 0 Å². The van der Waals surface area contributed by atoms with E-state index in [1.807, 2.05) is 72.8 Å². The molecule has 10 aromatic rings. The number of aromatic nitrogens is 12. The second-order valence-electron chi connectivity index (χ2n) is 13.7. The molecule has 282 valence electrons. The molecular weight excluding hydrogens is 745 g/mol. The first-order chi connectivity index (χ1) is 29.7. The van der Waals surface area contributed by atoms with Crippen LogP contribution in [0, 0.1) is 0 Å². The highest BCUT2D eigenvalue weighted by Gasteiger charge is 2.21. The van der Waals surface area contributed by atoms with Crippen molar-refractivity contribution < 1.29 is 0 Å². The summed E-state index contributed by atoms with van der Waals surface area (Å²) < 4.78 is 0. The summed E-state index contributed by atoms with van der Waals surface area (Å²) in [6.45, 7) is 0. The van der Waals surface area contributed by atoms with Crippen molar-refractivity contribution in [1.82, 2.24) is 60.5 Å². The molecule has 0 bridgehead atoms. The molecule has 10 rings (SSSR count). The molecule has 0 amide bonds. The minimum Gasteiger partial charge on any atom is -0.265 e. The van der Waals surface area contributed by atoms with Gasteiger partial charge in [-0.05, 0) is 126 Å². The highest BCUT2D eigenvalue weighted by molar-refractivity contribution is 5.93. The van der Waals surface area contributed by atoms with E-state index in [2.05, 4.69) is 66.3 Å². The zero-order valence-electron chi connectivity index (χ0n) is 31.7. The summed E-state index contributed by atoms with van der Waals surface area (Å²) in [4.78, 5) is 25.6. The first-order valence-corrected chi connectivity index (χ1v) is 19.0. The molecule has 0 aliphatic heterocycles. The molecular formula is C48H30N12. The van der Waals surface area contributed by atoms with Crippen molar-refractivity contribution in [2.45, 2.75) is 0 Å². The minimum absolute atomic E-state index is 0.692. The van der Waals surface area contributed by atoms with Gasteiger partial charge in [0.25, 0.3) is 0 Å². The highest BCUT2D eigenvalue weighted by atomic mass is 15.1. The van der Waals surface area contributed by atoms with Gasteiger partial charge in [0.1, 0.15) is 17.1 Å². The average Bonchev–Trinajstić information content (AvgIpc) is 3.35. The molecule has 0 radical (unpaired) electrons. The Kier molecular flexibility index (Phi) is 9.58. The Labute approximate surface area is 343 Å². The summed E-state index contributed by atoms with van der Waals surface area (Å²) in [5.41, 5.74) is 14.6. The summed E-state index contributed by atoms with van der Waals surface area (Å²) in [6, 6.07) is 35.9. The van der Waals surface area contributed by atoms with Crippen LogP contribution in [0.25, 0.3) is 101 Å². The number of hydrogen-bond donors (Lipinski definition) is 0. The fourth-order valence-corrected chi connectivity index (χ4v) is 7.09. The molecule has 9 heterocycles. The van der Waals surface area contributed by atoms with Crippen LogP contribution >= 0.6 is 0 Å². The molecule has 12 heteroatoms. The van der Waals surface area contributed by atoms with Crippen molar-refractivity contribution in [2.24, 2.45) is 0 Å². The van der Waals surface area contributed by atoms with Gasteiger partial charge in [0.05, 0.1) is 17.1 Å². The van der Waals surface area contributed by atoms with Crippen molar-refractivity contribution in [3.63, 3.8) is 0 Å². The standard InChI is InChI=1S/C48H30N12/c1-13-49-14-2-31(1)43-28-40(46(58-55-43)34-7-19-52-20-8-34)37-25-38(41-29-44(32-3-15-50-16-4-32)56-59-47(41)35-9-21-53-22-10-35)27-39(26-37)42-30-45(33-5-17-51-18-6-33)57-60-48(42)36-11-23-54-24-12-36/h1-30H. The first-order valence-electron chi connectivity index (χ1n) is 19.0. The van der Waals surface area contributed by atoms with Crippen molar-refractivity contribution in [2.75, 3.05) is 0 Å². The molecule has 0 aliphatic carbocycles. The normalized spacial score (nSPS) is 11.0. The van der Waals surface area contributed by atoms with E-state index in [0.717, 1.165) is 66.8 Å². The van der Waals surface area contributed by atoms with Crippen LogP contribution < -0.4 is 0 Å². The van der Waals surface area contributed by atoms with Crippen LogP contribution in [0.15, 0.2) is 184 Å². The Bertz CT molecular complexity index is 2720. The van der Waals surface area contributed by atoms with Gasteiger partial charge in [0, 0.05) is 124 Å². The maximum Gasteiger partial charge on any atom is 0.101 e. The van der Waals surface area contributed by atoms with E-state index in [4.69, 9.17) is 30.6 Å². The molecule has 0 saturated carbocycles. The molecule has 9 aromatic heterocycles. The fraction of sp³-hybridized carbons (Fsp3) is 0. The molecule has 0 N–H and O–H groups in total. The first kappa shape index (κ1) is 35.8. The summed E-state index contributed by atoms with van der Waals surface area (Å²) in [6.07, 6.45) is 21.1. The molecule has 0 atom stereocenters. The monoisotopic (exact) mass is 774 g/mol. The second kappa shape index (κ2) is 16.1. The maximum absolute atomic E-state index is 4.88. The lowest BCUT2D eigenvalue weighted by molar-refractivity contribution is 1.04. The lowest BCUT2D eigenvalue weighted by Crippen LogP contribution is -2.00. The van der Waals surface area contributed by atoms with Crippen molar-refractivity contribution in [3.05, 3.63) is 184 Å². The summed E-state index contributed by atoms with van der Waals surface area (Å²) >= 11 is 0. The molecule has 0 spiro atoms. The van der Waals surface area contributed by atoms with Gasteiger partial charge in [-0.15, -0.1) is 30.6 Å². The van der Waals surface area contributed by atoms with Gasteiger partial charge in [-0.25, -0.2) is 0 Å². The van der Waals surface area contributed by atoms with Crippen LogP contribution in [-0.4, -0.2) is 60.5 Å². The number of rotatable bonds is 9. The topological polar surface area (TPSA) is 155 Å². The Balaban J connectivity index is 1.30. The van der Waals surface area contributed by atoms with Gasteiger partial charge < -0.3 is 0 Å². The number of pyridine rings is 6. The molecule has 60 heavy (non-hydrogen) atoms. The van der Waals surface area contributed by atoms with Gasteiger partial charge in [-0.2, -0.15) is 0 Å². The highest BCUT2D eigenvalue weighted by Crippen LogP contribution is 2.42. The Morgan fingerprint density at radius 2 is 0.417 bits per heavy atom. The van der Waals surface area contributed by atoms with Crippen LogP contribution in [-0.2, 0) is 0 Å². The molecule has 12 nitrogen and oxygen atoms in total. The number of hydrogen-bond acceptors (Lipinski definition) is 12. The predicted octanol–water partition coefficient (Wildman–Crippen LogP) is 9.43.